The number of ether oxygens (including phenoxy) is 1. The summed E-state index contributed by atoms with van der Waals surface area (Å²) in [4.78, 5) is 0.159. The van der Waals surface area contributed by atoms with E-state index in [4.69, 9.17) is 4.74 Å². The molecule has 2 aromatic rings. The standard InChI is InChI=1S/C17H16Br2O/c1-10-3-4-11(2)14(7-10)16(19)15-9-13(18)8-12-5-6-20-17(12)15/h3-4,7-9,16H,5-6H2,1-2H3. The zero-order valence-electron chi connectivity index (χ0n) is 11.5. The van der Waals surface area contributed by atoms with E-state index in [1.807, 2.05) is 0 Å². The van der Waals surface area contributed by atoms with E-state index >= 15 is 0 Å². The fourth-order valence-corrected chi connectivity index (χ4v) is 4.04. The van der Waals surface area contributed by atoms with Crippen molar-refractivity contribution in [2.45, 2.75) is 25.1 Å². The summed E-state index contributed by atoms with van der Waals surface area (Å²) in [5.41, 5.74) is 6.39. The summed E-state index contributed by atoms with van der Waals surface area (Å²) in [6, 6.07) is 10.9. The van der Waals surface area contributed by atoms with Gasteiger partial charge >= 0.3 is 0 Å². The molecule has 0 fully saturated rings. The maximum Gasteiger partial charge on any atom is 0.127 e. The van der Waals surface area contributed by atoms with Gasteiger partial charge in [0.2, 0.25) is 0 Å². The SMILES string of the molecule is Cc1ccc(C)c(C(Br)c2cc(Br)cc3c2OCC3)c1. The summed E-state index contributed by atoms with van der Waals surface area (Å²) in [7, 11) is 0. The summed E-state index contributed by atoms with van der Waals surface area (Å²) < 4.78 is 6.96. The monoisotopic (exact) mass is 394 g/mol. The zero-order chi connectivity index (χ0) is 14.3. The number of aryl methyl sites for hydroxylation is 2. The summed E-state index contributed by atoms with van der Waals surface area (Å²) in [6.45, 7) is 5.07. The van der Waals surface area contributed by atoms with Crippen molar-refractivity contribution in [3.63, 3.8) is 0 Å². The second-order valence-electron chi connectivity index (χ2n) is 5.30. The number of fused-ring (bicyclic) bond motifs is 1. The first kappa shape index (κ1) is 14.2. The van der Waals surface area contributed by atoms with Crippen LogP contribution in [0.15, 0.2) is 34.8 Å². The highest BCUT2D eigenvalue weighted by atomic mass is 79.9. The summed E-state index contributed by atoms with van der Waals surface area (Å²) in [6.07, 6.45) is 0.994. The molecule has 1 aliphatic rings. The van der Waals surface area contributed by atoms with Crippen molar-refractivity contribution in [1.82, 2.24) is 0 Å². The molecule has 0 radical (unpaired) electrons. The molecule has 0 aliphatic carbocycles. The van der Waals surface area contributed by atoms with Crippen LogP contribution in [-0.2, 0) is 6.42 Å². The van der Waals surface area contributed by atoms with E-state index in [1.54, 1.807) is 0 Å². The molecule has 0 spiro atoms. The Bertz CT molecular complexity index is 664. The number of alkyl halides is 1. The van der Waals surface area contributed by atoms with Gasteiger partial charge in [-0.1, -0.05) is 55.6 Å². The third-order valence-corrected chi connectivity index (χ3v) is 5.20. The topological polar surface area (TPSA) is 9.23 Å². The molecular formula is C17H16Br2O. The van der Waals surface area contributed by atoms with Crippen LogP contribution >= 0.6 is 31.9 Å². The molecule has 2 aromatic carbocycles. The highest BCUT2D eigenvalue weighted by molar-refractivity contribution is 9.10. The van der Waals surface area contributed by atoms with E-state index in [-0.39, 0.29) is 4.83 Å². The van der Waals surface area contributed by atoms with Gasteiger partial charge in [-0.05, 0) is 42.7 Å². The maximum absolute atomic E-state index is 5.85. The van der Waals surface area contributed by atoms with Gasteiger partial charge in [0, 0.05) is 16.5 Å². The first-order valence-electron chi connectivity index (χ1n) is 6.72. The largest absolute Gasteiger partial charge is 0.493 e. The zero-order valence-corrected chi connectivity index (χ0v) is 14.7. The number of benzene rings is 2. The van der Waals surface area contributed by atoms with Crippen molar-refractivity contribution in [2.24, 2.45) is 0 Å². The van der Waals surface area contributed by atoms with Crippen LogP contribution < -0.4 is 4.74 Å². The Balaban J connectivity index is 2.11. The fourth-order valence-electron chi connectivity index (χ4n) is 2.69. The summed E-state index contributed by atoms with van der Waals surface area (Å²) in [5, 5.41) is 0. The Morgan fingerprint density at radius 3 is 2.70 bits per heavy atom. The number of rotatable bonds is 2. The third kappa shape index (κ3) is 2.53. The molecule has 0 bridgehead atoms. The molecule has 1 nitrogen and oxygen atoms in total. The molecule has 1 aliphatic heterocycles. The second-order valence-corrected chi connectivity index (χ2v) is 7.14. The lowest BCUT2D eigenvalue weighted by Crippen LogP contribution is -2.00. The van der Waals surface area contributed by atoms with Crippen LogP contribution in [0.25, 0.3) is 0 Å². The van der Waals surface area contributed by atoms with Crippen molar-refractivity contribution in [3.8, 4) is 5.75 Å². The van der Waals surface area contributed by atoms with Crippen molar-refractivity contribution >= 4 is 31.9 Å². The van der Waals surface area contributed by atoms with E-state index in [2.05, 4.69) is 76.0 Å². The molecule has 3 rings (SSSR count). The molecule has 20 heavy (non-hydrogen) atoms. The predicted octanol–water partition coefficient (Wildman–Crippen LogP) is 5.49. The van der Waals surface area contributed by atoms with E-state index in [0.717, 1.165) is 23.2 Å². The van der Waals surface area contributed by atoms with Crippen LogP contribution in [0.5, 0.6) is 5.75 Å². The van der Waals surface area contributed by atoms with E-state index in [9.17, 15) is 0 Å². The lowest BCUT2D eigenvalue weighted by Gasteiger charge is -2.17. The lowest BCUT2D eigenvalue weighted by molar-refractivity contribution is 0.354. The van der Waals surface area contributed by atoms with Crippen molar-refractivity contribution in [3.05, 3.63) is 62.6 Å². The van der Waals surface area contributed by atoms with Gasteiger partial charge in [-0.2, -0.15) is 0 Å². The first-order valence-corrected chi connectivity index (χ1v) is 8.43. The van der Waals surface area contributed by atoms with Crippen molar-refractivity contribution in [1.29, 1.82) is 0 Å². The molecule has 0 amide bonds. The molecule has 3 heteroatoms. The van der Waals surface area contributed by atoms with Crippen molar-refractivity contribution in [2.75, 3.05) is 6.61 Å². The van der Waals surface area contributed by atoms with Gasteiger partial charge in [0.25, 0.3) is 0 Å². The molecule has 1 atom stereocenters. The van der Waals surface area contributed by atoms with Crippen LogP contribution in [0.3, 0.4) is 0 Å². The summed E-state index contributed by atoms with van der Waals surface area (Å²) in [5.74, 6) is 1.05. The smallest absolute Gasteiger partial charge is 0.127 e. The average Bonchev–Trinajstić information content (AvgIpc) is 2.87. The van der Waals surface area contributed by atoms with Gasteiger partial charge < -0.3 is 4.74 Å². The fraction of sp³-hybridized carbons (Fsp3) is 0.294. The van der Waals surface area contributed by atoms with Gasteiger partial charge in [0.1, 0.15) is 5.75 Å². The van der Waals surface area contributed by atoms with Gasteiger partial charge in [0.05, 0.1) is 11.4 Å². The quantitative estimate of drug-likeness (QED) is 0.611. The molecule has 0 N–H and O–H groups in total. The molecule has 0 saturated carbocycles. The van der Waals surface area contributed by atoms with Crippen LogP contribution in [0.2, 0.25) is 0 Å². The van der Waals surface area contributed by atoms with Gasteiger partial charge in [-0.15, -0.1) is 0 Å². The van der Waals surface area contributed by atoms with Gasteiger partial charge in [0.15, 0.2) is 0 Å². The molecule has 104 valence electrons. The Morgan fingerprint density at radius 2 is 1.90 bits per heavy atom. The summed E-state index contributed by atoms with van der Waals surface area (Å²) >= 11 is 7.48. The predicted molar refractivity (Wildman–Crippen MR) is 90.0 cm³/mol. The highest BCUT2D eigenvalue weighted by Crippen LogP contribution is 2.43. The van der Waals surface area contributed by atoms with Crippen molar-refractivity contribution < 1.29 is 4.74 Å². The van der Waals surface area contributed by atoms with Crippen LogP contribution in [0.4, 0.5) is 0 Å². The number of hydrogen-bond acceptors (Lipinski definition) is 1. The van der Waals surface area contributed by atoms with E-state index in [0.29, 0.717) is 0 Å². The first-order chi connectivity index (χ1) is 9.56. The number of halogens is 2. The average molecular weight is 396 g/mol. The maximum atomic E-state index is 5.85. The Labute approximate surface area is 136 Å². The molecule has 1 unspecified atom stereocenters. The lowest BCUT2D eigenvalue weighted by atomic mass is 9.96. The van der Waals surface area contributed by atoms with Crippen LogP contribution in [0, 0.1) is 13.8 Å². The Kier molecular flexibility index (Phi) is 3.91. The minimum Gasteiger partial charge on any atom is -0.493 e. The number of hydrogen-bond donors (Lipinski definition) is 0. The minimum absolute atomic E-state index is 0.159. The van der Waals surface area contributed by atoms with Gasteiger partial charge in [-0.25, -0.2) is 0 Å². The third-order valence-electron chi connectivity index (χ3n) is 3.76. The molecule has 0 aromatic heterocycles. The Hall–Kier alpha value is -0.800. The van der Waals surface area contributed by atoms with E-state index in [1.165, 1.54) is 27.8 Å². The van der Waals surface area contributed by atoms with Crippen LogP contribution in [0.1, 0.15) is 32.6 Å². The van der Waals surface area contributed by atoms with E-state index < -0.39 is 0 Å². The minimum atomic E-state index is 0.159. The Morgan fingerprint density at radius 1 is 1.10 bits per heavy atom. The highest BCUT2D eigenvalue weighted by Gasteiger charge is 2.23. The second kappa shape index (κ2) is 5.53. The van der Waals surface area contributed by atoms with Crippen LogP contribution in [-0.4, -0.2) is 6.61 Å². The van der Waals surface area contributed by atoms with Gasteiger partial charge in [-0.3, -0.25) is 0 Å². The normalized spacial score (nSPS) is 14.8. The molecular weight excluding hydrogens is 380 g/mol. The molecule has 1 heterocycles. The molecule has 0 saturated heterocycles.